The molecule has 0 radical (unpaired) electrons. The number of carbonyl (C=O) groups is 1. The Balaban J connectivity index is 2.81. The van der Waals surface area contributed by atoms with Crippen molar-refractivity contribution in [1.29, 1.82) is 0 Å². The Kier molecular flexibility index (Phi) is 7.21. The van der Waals surface area contributed by atoms with Gasteiger partial charge in [-0.3, -0.25) is 0 Å². The summed E-state index contributed by atoms with van der Waals surface area (Å²) < 4.78 is 17.9. The van der Waals surface area contributed by atoms with Gasteiger partial charge < -0.3 is 24.1 Å². The molecule has 1 rings (SSSR count). The van der Waals surface area contributed by atoms with E-state index in [1.54, 1.807) is 13.8 Å². The van der Waals surface area contributed by atoms with E-state index in [0.717, 1.165) is 16.5 Å². The van der Waals surface area contributed by atoms with E-state index >= 15 is 0 Å². The zero-order chi connectivity index (χ0) is 15.4. The smallest absolute Gasteiger partial charge is 0.163 e. The molecular formula is C13H23IO5S. The standard InChI is InChI=1S/C13H23IO5S/c1-12(2,16)19-11(10(7-15)20-6-5-14)9-8-17-13(3,4)18-9/h7,9-11,16H,5-6,8H2,1-4H3/t9-,10?,11+/m1/s1. The topological polar surface area (TPSA) is 65.0 Å². The highest BCUT2D eigenvalue weighted by Crippen LogP contribution is 2.31. The molecule has 1 heterocycles. The van der Waals surface area contributed by atoms with Crippen molar-refractivity contribution in [3.8, 4) is 0 Å². The number of aliphatic hydroxyl groups is 1. The van der Waals surface area contributed by atoms with Crippen LogP contribution in [0.3, 0.4) is 0 Å². The molecule has 0 aromatic carbocycles. The molecule has 118 valence electrons. The molecule has 0 amide bonds. The fourth-order valence-electron chi connectivity index (χ4n) is 1.96. The zero-order valence-corrected chi connectivity index (χ0v) is 15.3. The molecule has 3 atom stereocenters. The summed E-state index contributed by atoms with van der Waals surface area (Å²) in [6.45, 7) is 7.09. The van der Waals surface area contributed by atoms with Crippen molar-refractivity contribution in [3.63, 3.8) is 0 Å². The van der Waals surface area contributed by atoms with Crippen LogP contribution in [-0.4, -0.2) is 57.2 Å². The molecule has 1 N–H and O–H groups in total. The first-order valence-electron chi connectivity index (χ1n) is 6.53. The highest BCUT2D eigenvalue weighted by atomic mass is 127. The number of aldehydes is 1. The van der Waals surface area contributed by atoms with Crippen molar-refractivity contribution in [2.45, 2.75) is 56.7 Å². The molecule has 20 heavy (non-hydrogen) atoms. The van der Waals surface area contributed by atoms with Gasteiger partial charge in [0.2, 0.25) is 0 Å². The lowest BCUT2D eigenvalue weighted by atomic mass is 10.1. The molecule has 1 aliphatic heterocycles. The Morgan fingerprint density at radius 2 is 2.25 bits per heavy atom. The second kappa shape index (κ2) is 7.73. The van der Waals surface area contributed by atoms with E-state index in [2.05, 4.69) is 22.6 Å². The summed E-state index contributed by atoms with van der Waals surface area (Å²) in [5.74, 6) is -1.17. The average molecular weight is 418 g/mol. The van der Waals surface area contributed by atoms with Crippen molar-refractivity contribution in [3.05, 3.63) is 0 Å². The molecule has 0 spiro atoms. The summed E-state index contributed by atoms with van der Waals surface area (Å²) >= 11 is 3.77. The normalized spacial score (nSPS) is 25.4. The molecule has 5 nitrogen and oxygen atoms in total. The van der Waals surface area contributed by atoms with Crippen LogP contribution in [0.1, 0.15) is 27.7 Å². The van der Waals surface area contributed by atoms with Gasteiger partial charge in [-0.2, -0.15) is 0 Å². The first-order valence-corrected chi connectivity index (χ1v) is 9.11. The van der Waals surface area contributed by atoms with Crippen molar-refractivity contribution < 1.29 is 24.1 Å². The van der Waals surface area contributed by atoms with Gasteiger partial charge in [-0.25, -0.2) is 0 Å². The maximum atomic E-state index is 11.4. The predicted molar refractivity (Wildman–Crippen MR) is 87.3 cm³/mol. The number of hydrogen-bond acceptors (Lipinski definition) is 6. The van der Waals surface area contributed by atoms with Gasteiger partial charge >= 0.3 is 0 Å². The van der Waals surface area contributed by atoms with Crippen LogP contribution >= 0.6 is 34.4 Å². The third-order valence-electron chi connectivity index (χ3n) is 2.67. The Morgan fingerprint density at radius 3 is 2.65 bits per heavy atom. The van der Waals surface area contributed by atoms with Crippen molar-refractivity contribution in [1.82, 2.24) is 0 Å². The highest BCUT2D eigenvalue weighted by molar-refractivity contribution is 14.1. The number of halogens is 1. The van der Waals surface area contributed by atoms with E-state index in [0.29, 0.717) is 6.61 Å². The third kappa shape index (κ3) is 6.15. The van der Waals surface area contributed by atoms with Crippen LogP contribution in [0.2, 0.25) is 0 Å². The van der Waals surface area contributed by atoms with E-state index in [1.807, 2.05) is 13.8 Å². The zero-order valence-electron chi connectivity index (χ0n) is 12.3. The van der Waals surface area contributed by atoms with Crippen LogP contribution < -0.4 is 0 Å². The van der Waals surface area contributed by atoms with E-state index in [-0.39, 0.29) is 6.10 Å². The monoisotopic (exact) mass is 418 g/mol. The lowest BCUT2D eigenvalue weighted by Gasteiger charge is -2.33. The Morgan fingerprint density at radius 1 is 1.60 bits per heavy atom. The molecule has 0 bridgehead atoms. The number of hydrogen-bond donors (Lipinski definition) is 1. The molecule has 1 fully saturated rings. The van der Waals surface area contributed by atoms with Gasteiger partial charge in [0.1, 0.15) is 18.5 Å². The molecule has 0 aromatic heterocycles. The molecule has 1 aliphatic rings. The van der Waals surface area contributed by atoms with E-state index in [1.165, 1.54) is 11.8 Å². The summed E-state index contributed by atoms with van der Waals surface area (Å²) in [6.07, 6.45) is -0.0437. The minimum absolute atomic E-state index is 0.350. The lowest BCUT2D eigenvalue weighted by Crippen LogP contribution is -2.46. The van der Waals surface area contributed by atoms with Gasteiger partial charge in [0.05, 0.1) is 11.9 Å². The minimum atomic E-state index is -1.33. The maximum absolute atomic E-state index is 11.4. The number of alkyl halides is 1. The van der Waals surface area contributed by atoms with Gasteiger partial charge in [0.15, 0.2) is 11.6 Å². The second-order valence-electron chi connectivity index (χ2n) is 5.56. The lowest BCUT2D eigenvalue weighted by molar-refractivity contribution is -0.233. The van der Waals surface area contributed by atoms with Crippen LogP contribution in [-0.2, 0) is 19.0 Å². The Hall–Kier alpha value is 0.590. The fraction of sp³-hybridized carbons (Fsp3) is 0.923. The molecule has 1 unspecified atom stereocenters. The summed E-state index contributed by atoms with van der Waals surface area (Å²) in [5, 5.41) is 9.51. The maximum Gasteiger partial charge on any atom is 0.163 e. The Labute approximate surface area is 138 Å². The summed E-state index contributed by atoms with van der Waals surface area (Å²) in [7, 11) is 0. The average Bonchev–Trinajstić information content (AvgIpc) is 2.67. The van der Waals surface area contributed by atoms with Crippen LogP contribution in [0.25, 0.3) is 0 Å². The molecule has 7 heteroatoms. The SMILES string of the molecule is CC(C)(O)O[C@H](C(C=O)SCCI)[C@H]1COC(C)(C)O1. The molecule has 0 saturated carbocycles. The van der Waals surface area contributed by atoms with Crippen molar-refractivity contribution >= 4 is 40.6 Å². The number of ether oxygens (including phenoxy) is 3. The largest absolute Gasteiger partial charge is 0.366 e. The van der Waals surface area contributed by atoms with Crippen LogP contribution in [0.4, 0.5) is 0 Å². The second-order valence-corrected chi connectivity index (χ2v) is 7.92. The molecule has 1 saturated heterocycles. The molecule has 0 aromatic rings. The number of rotatable bonds is 8. The van der Waals surface area contributed by atoms with Gasteiger partial charge in [0.25, 0.3) is 0 Å². The molecule has 0 aliphatic carbocycles. The van der Waals surface area contributed by atoms with Crippen LogP contribution in [0.5, 0.6) is 0 Å². The fourth-order valence-corrected chi connectivity index (χ4v) is 3.58. The van der Waals surface area contributed by atoms with Crippen LogP contribution in [0.15, 0.2) is 0 Å². The first-order chi connectivity index (χ1) is 9.18. The number of carbonyl (C=O) groups excluding carboxylic acids is 1. The van der Waals surface area contributed by atoms with Gasteiger partial charge in [-0.1, -0.05) is 22.6 Å². The summed E-state index contributed by atoms with van der Waals surface area (Å²) in [4.78, 5) is 11.4. The van der Waals surface area contributed by atoms with E-state index in [4.69, 9.17) is 14.2 Å². The third-order valence-corrected chi connectivity index (χ3v) is 5.14. The van der Waals surface area contributed by atoms with E-state index < -0.39 is 22.9 Å². The van der Waals surface area contributed by atoms with E-state index in [9.17, 15) is 9.90 Å². The van der Waals surface area contributed by atoms with Gasteiger partial charge in [0, 0.05) is 10.2 Å². The van der Waals surface area contributed by atoms with Crippen LogP contribution in [0, 0.1) is 0 Å². The predicted octanol–water partition coefficient (Wildman–Crippen LogP) is 1.99. The minimum Gasteiger partial charge on any atom is -0.366 e. The Bertz CT molecular complexity index is 318. The quantitative estimate of drug-likeness (QED) is 0.282. The van der Waals surface area contributed by atoms with Crippen molar-refractivity contribution in [2.75, 3.05) is 16.8 Å². The number of thioether (sulfide) groups is 1. The highest BCUT2D eigenvalue weighted by Gasteiger charge is 2.43. The van der Waals surface area contributed by atoms with Gasteiger partial charge in [-0.15, -0.1) is 11.8 Å². The van der Waals surface area contributed by atoms with Crippen molar-refractivity contribution in [2.24, 2.45) is 0 Å². The molecular weight excluding hydrogens is 395 g/mol. The first kappa shape index (κ1) is 18.6. The summed E-state index contributed by atoms with van der Waals surface area (Å²) in [6, 6.07) is 0. The van der Waals surface area contributed by atoms with Gasteiger partial charge in [-0.05, 0) is 27.7 Å². The summed E-state index contributed by atoms with van der Waals surface area (Å²) in [5.41, 5.74) is 0.